The molecular formula is C15H20N2O4. The number of amides is 1. The standard InChI is InChI=1S/C15H20N2O4/c18-15(9-16-8-11-3-4-19-10-11)17-12-1-2-13-14(7-12)21-6-5-20-13/h1-2,7,11,16H,3-6,8-10H2,(H,17,18). The van der Waals surface area contributed by atoms with Gasteiger partial charge in [-0.3, -0.25) is 4.79 Å². The highest BCUT2D eigenvalue weighted by Crippen LogP contribution is 2.32. The van der Waals surface area contributed by atoms with E-state index < -0.39 is 0 Å². The number of fused-ring (bicyclic) bond motifs is 1. The van der Waals surface area contributed by atoms with Gasteiger partial charge in [0.15, 0.2) is 11.5 Å². The fourth-order valence-corrected chi connectivity index (χ4v) is 2.46. The number of anilines is 1. The number of carbonyl (C=O) groups excluding carboxylic acids is 1. The van der Waals surface area contributed by atoms with Crippen molar-refractivity contribution < 1.29 is 19.0 Å². The van der Waals surface area contributed by atoms with E-state index in [2.05, 4.69) is 10.6 Å². The lowest BCUT2D eigenvalue weighted by Gasteiger charge is -2.19. The largest absolute Gasteiger partial charge is 0.486 e. The van der Waals surface area contributed by atoms with Gasteiger partial charge in [0.05, 0.1) is 13.2 Å². The predicted octanol–water partition coefficient (Wildman–Crippen LogP) is 1.02. The Balaban J connectivity index is 1.45. The van der Waals surface area contributed by atoms with Crippen molar-refractivity contribution in [3.8, 4) is 11.5 Å². The van der Waals surface area contributed by atoms with Gasteiger partial charge in [0.2, 0.25) is 5.91 Å². The average Bonchev–Trinajstić information content (AvgIpc) is 3.00. The van der Waals surface area contributed by atoms with E-state index in [1.807, 2.05) is 12.1 Å². The zero-order valence-corrected chi connectivity index (χ0v) is 11.9. The van der Waals surface area contributed by atoms with E-state index >= 15 is 0 Å². The SMILES string of the molecule is O=C(CNCC1CCOC1)Nc1ccc2c(c1)OCCO2. The van der Waals surface area contributed by atoms with Gasteiger partial charge in [-0.1, -0.05) is 0 Å². The van der Waals surface area contributed by atoms with E-state index in [0.717, 1.165) is 37.6 Å². The normalized spacial score (nSPS) is 20.3. The van der Waals surface area contributed by atoms with Crippen LogP contribution >= 0.6 is 0 Å². The van der Waals surface area contributed by atoms with Crippen molar-refractivity contribution in [3.05, 3.63) is 18.2 Å². The molecule has 1 atom stereocenters. The van der Waals surface area contributed by atoms with Crippen molar-refractivity contribution in [1.82, 2.24) is 5.32 Å². The molecule has 2 aliphatic rings. The third-order valence-corrected chi connectivity index (χ3v) is 3.57. The molecule has 1 amide bonds. The second-order valence-corrected chi connectivity index (χ2v) is 5.27. The summed E-state index contributed by atoms with van der Waals surface area (Å²) in [7, 11) is 0. The van der Waals surface area contributed by atoms with Gasteiger partial charge in [-0.2, -0.15) is 0 Å². The Labute approximate surface area is 123 Å². The van der Waals surface area contributed by atoms with Crippen molar-refractivity contribution in [3.63, 3.8) is 0 Å². The first kappa shape index (κ1) is 14.2. The second-order valence-electron chi connectivity index (χ2n) is 5.27. The monoisotopic (exact) mass is 292 g/mol. The number of benzene rings is 1. The van der Waals surface area contributed by atoms with E-state index in [0.29, 0.717) is 31.4 Å². The zero-order valence-electron chi connectivity index (χ0n) is 11.9. The molecule has 1 unspecified atom stereocenters. The molecule has 2 heterocycles. The maximum Gasteiger partial charge on any atom is 0.238 e. The van der Waals surface area contributed by atoms with Crippen molar-refractivity contribution in [2.75, 3.05) is 44.8 Å². The van der Waals surface area contributed by atoms with Crippen molar-refractivity contribution in [1.29, 1.82) is 0 Å². The molecule has 6 nitrogen and oxygen atoms in total. The molecule has 0 radical (unpaired) electrons. The molecule has 0 saturated carbocycles. The fraction of sp³-hybridized carbons (Fsp3) is 0.533. The number of hydrogen-bond donors (Lipinski definition) is 2. The van der Waals surface area contributed by atoms with Crippen LogP contribution in [0.3, 0.4) is 0 Å². The Hall–Kier alpha value is -1.79. The van der Waals surface area contributed by atoms with Crippen LogP contribution in [0.1, 0.15) is 6.42 Å². The average molecular weight is 292 g/mol. The summed E-state index contributed by atoms with van der Waals surface area (Å²) < 4.78 is 16.2. The van der Waals surface area contributed by atoms with Crippen LogP contribution in [-0.2, 0) is 9.53 Å². The van der Waals surface area contributed by atoms with Crippen LogP contribution in [0.25, 0.3) is 0 Å². The first-order chi connectivity index (χ1) is 10.3. The molecule has 0 aliphatic carbocycles. The molecule has 114 valence electrons. The van der Waals surface area contributed by atoms with Gasteiger partial charge in [0, 0.05) is 24.9 Å². The Morgan fingerprint density at radius 2 is 2.05 bits per heavy atom. The molecular weight excluding hydrogens is 272 g/mol. The summed E-state index contributed by atoms with van der Waals surface area (Å²) in [5, 5.41) is 6.01. The minimum atomic E-state index is -0.0643. The fourth-order valence-electron chi connectivity index (χ4n) is 2.46. The van der Waals surface area contributed by atoms with Crippen LogP contribution < -0.4 is 20.1 Å². The summed E-state index contributed by atoms with van der Waals surface area (Å²) in [6, 6.07) is 5.42. The third kappa shape index (κ3) is 3.86. The van der Waals surface area contributed by atoms with Gasteiger partial charge >= 0.3 is 0 Å². The zero-order chi connectivity index (χ0) is 14.5. The van der Waals surface area contributed by atoms with E-state index in [1.54, 1.807) is 6.07 Å². The lowest BCUT2D eigenvalue weighted by molar-refractivity contribution is -0.115. The Bertz CT molecular complexity index is 500. The third-order valence-electron chi connectivity index (χ3n) is 3.57. The van der Waals surface area contributed by atoms with E-state index in [1.165, 1.54) is 0 Å². The Morgan fingerprint density at radius 3 is 2.86 bits per heavy atom. The van der Waals surface area contributed by atoms with Crippen LogP contribution in [-0.4, -0.2) is 45.4 Å². The van der Waals surface area contributed by atoms with Gasteiger partial charge in [-0.15, -0.1) is 0 Å². The van der Waals surface area contributed by atoms with Crippen LogP contribution in [0.15, 0.2) is 18.2 Å². The molecule has 0 spiro atoms. The predicted molar refractivity (Wildman–Crippen MR) is 77.9 cm³/mol. The molecule has 3 rings (SSSR count). The molecule has 2 aliphatic heterocycles. The summed E-state index contributed by atoms with van der Waals surface area (Å²) in [6.45, 7) is 3.83. The molecule has 1 saturated heterocycles. The van der Waals surface area contributed by atoms with Crippen LogP contribution in [0.5, 0.6) is 11.5 Å². The van der Waals surface area contributed by atoms with Gasteiger partial charge in [-0.05, 0) is 24.5 Å². The topological polar surface area (TPSA) is 68.8 Å². The Morgan fingerprint density at radius 1 is 1.19 bits per heavy atom. The number of nitrogens with one attached hydrogen (secondary N) is 2. The second kappa shape index (κ2) is 6.78. The lowest BCUT2D eigenvalue weighted by Crippen LogP contribution is -2.32. The van der Waals surface area contributed by atoms with Crippen LogP contribution in [0, 0.1) is 5.92 Å². The summed E-state index contributed by atoms with van der Waals surface area (Å²) in [4.78, 5) is 11.9. The highest BCUT2D eigenvalue weighted by molar-refractivity contribution is 5.92. The first-order valence-electron chi connectivity index (χ1n) is 7.29. The highest BCUT2D eigenvalue weighted by atomic mass is 16.6. The number of rotatable bonds is 5. The number of carbonyl (C=O) groups is 1. The summed E-state index contributed by atoms with van der Waals surface area (Å²) >= 11 is 0. The summed E-state index contributed by atoms with van der Waals surface area (Å²) in [5.74, 6) is 1.85. The van der Waals surface area contributed by atoms with Gasteiger partial charge < -0.3 is 24.8 Å². The molecule has 0 aromatic heterocycles. The Kier molecular flexibility index (Phi) is 4.57. The lowest BCUT2D eigenvalue weighted by atomic mass is 10.1. The molecule has 6 heteroatoms. The molecule has 1 fully saturated rings. The van der Waals surface area contributed by atoms with Gasteiger partial charge in [0.1, 0.15) is 13.2 Å². The molecule has 1 aromatic rings. The summed E-state index contributed by atoms with van der Waals surface area (Å²) in [5.41, 5.74) is 0.718. The van der Waals surface area contributed by atoms with E-state index in [-0.39, 0.29) is 5.91 Å². The van der Waals surface area contributed by atoms with Crippen molar-refractivity contribution in [2.24, 2.45) is 5.92 Å². The first-order valence-corrected chi connectivity index (χ1v) is 7.29. The minimum absolute atomic E-state index is 0.0643. The van der Waals surface area contributed by atoms with Crippen LogP contribution in [0.2, 0.25) is 0 Å². The van der Waals surface area contributed by atoms with E-state index in [9.17, 15) is 4.79 Å². The van der Waals surface area contributed by atoms with Crippen LogP contribution in [0.4, 0.5) is 5.69 Å². The van der Waals surface area contributed by atoms with Crippen molar-refractivity contribution in [2.45, 2.75) is 6.42 Å². The molecule has 1 aromatic carbocycles. The van der Waals surface area contributed by atoms with Crippen molar-refractivity contribution >= 4 is 11.6 Å². The maximum atomic E-state index is 11.9. The van der Waals surface area contributed by atoms with Gasteiger partial charge in [0.25, 0.3) is 0 Å². The molecule has 2 N–H and O–H groups in total. The minimum Gasteiger partial charge on any atom is -0.486 e. The summed E-state index contributed by atoms with van der Waals surface area (Å²) in [6.07, 6.45) is 1.07. The smallest absolute Gasteiger partial charge is 0.238 e. The highest BCUT2D eigenvalue weighted by Gasteiger charge is 2.16. The number of hydrogen-bond acceptors (Lipinski definition) is 5. The van der Waals surface area contributed by atoms with E-state index in [4.69, 9.17) is 14.2 Å². The number of ether oxygens (including phenoxy) is 3. The molecule has 0 bridgehead atoms. The maximum absolute atomic E-state index is 11.9. The molecule has 21 heavy (non-hydrogen) atoms. The quantitative estimate of drug-likeness (QED) is 0.848. The van der Waals surface area contributed by atoms with Gasteiger partial charge in [-0.25, -0.2) is 0 Å².